The lowest BCUT2D eigenvalue weighted by atomic mass is 9.96. The first-order chi connectivity index (χ1) is 15.1. The number of para-hydroxylation sites is 2. The van der Waals surface area contributed by atoms with Gasteiger partial charge >= 0.3 is 0 Å². The maximum absolute atomic E-state index is 13.3. The van der Waals surface area contributed by atoms with Crippen molar-refractivity contribution < 1.29 is 13.9 Å². The summed E-state index contributed by atoms with van der Waals surface area (Å²) in [5, 5.41) is 0.502. The molecule has 0 radical (unpaired) electrons. The normalized spacial score (nSPS) is 14.8. The number of amides is 1. The van der Waals surface area contributed by atoms with Crippen LogP contribution in [0, 0.1) is 0 Å². The summed E-state index contributed by atoms with van der Waals surface area (Å²) in [5.41, 5.74) is 2.93. The van der Waals surface area contributed by atoms with Crippen LogP contribution in [0.25, 0.3) is 16.8 Å². The first-order valence-corrected chi connectivity index (χ1v) is 10.7. The largest absolute Gasteiger partial charge is 0.496 e. The lowest BCUT2D eigenvalue weighted by Gasteiger charge is -2.31. The topological polar surface area (TPSA) is 60.5 Å². The number of oxazole rings is 1. The SMILES string of the molecule is COc1cc(-n2cccc2)c(Cl)cc1C(=O)N1CCC(c2nc3ccccc3o2)CC1. The standard InChI is InChI=1S/C24H22ClN3O3/c1-30-22-15-20(27-10-4-5-11-27)18(25)14-17(22)24(29)28-12-8-16(9-13-28)23-26-19-6-2-3-7-21(19)31-23/h2-7,10-11,14-16H,8-9,12-13H2,1H3. The number of hydrogen-bond donors (Lipinski definition) is 0. The Morgan fingerprint density at radius 2 is 1.87 bits per heavy atom. The fourth-order valence-corrected chi connectivity index (χ4v) is 4.40. The predicted molar refractivity (Wildman–Crippen MR) is 119 cm³/mol. The lowest BCUT2D eigenvalue weighted by molar-refractivity contribution is 0.0703. The Balaban J connectivity index is 1.33. The number of piperidine rings is 1. The summed E-state index contributed by atoms with van der Waals surface area (Å²) >= 11 is 6.51. The van der Waals surface area contributed by atoms with Crippen molar-refractivity contribution in [3.05, 3.63) is 77.4 Å². The van der Waals surface area contributed by atoms with Crippen molar-refractivity contribution >= 4 is 28.6 Å². The van der Waals surface area contributed by atoms with Gasteiger partial charge in [-0.05, 0) is 43.2 Å². The van der Waals surface area contributed by atoms with Crippen molar-refractivity contribution in [3.8, 4) is 11.4 Å². The number of fused-ring (bicyclic) bond motifs is 1. The van der Waals surface area contributed by atoms with Crippen molar-refractivity contribution in [3.63, 3.8) is 0 Å². The molecule has 1 aliphatic rings. The summed E-state index contributed by atoms with van der Waals surface area (Å²) < 4.78 is 13.4. The summed E-state index contributed by atoms with van der Waals surface area (Å²) in [6.07, 6.45) is 5.41. The van der Waals surface area contributed by atoms with Gasteiger partial charge < -0.3 is 18.6 Å². The van der Waals surface area contributed by atoms with Crippen LogP contribution < -0.4 is 4.74 Å². The van der Waals surface area contributed by atoms with E-state index in [1.807, 2.05) is 58.3 Å². The van der Waals surface area contributed by atoms with Crippen molar-refractivity contribution in [2.75, 3.05) is 20.2 Å². The Labute approximate surface area is 185 Å². The van der Waals surface area contributed by atoms with Gasteiger partial charge in [0.05, 0.1) is 23.4 Å². The third-order valence-corrected chi connectivity index (χ3v) is 6.13. The smallest absolute Gasteiger partial charge is 0.257 e. The van der Waals surface area contributed by atoms with E-state index >= 15 is 0 Å². The summed E-state index contributed by atoms with van der Waals surface area (Å²) in [6, 6.07) is 15.1. The molecule has 4 aromatic rings. The first kappa shape index (κ1) is 19.7. The summed E-state index contributed by atoms with van der Waals surface area (Å²) in [6.45, 7) is 1.25. The van der Waals surface area contributed by atoms with Crippen LogP contribution in [-0.4, -0.2) is 40.6 Å². The number of halogens is 1. The van der Waals surface area contributed by atoms with Gasteiger partial charge in [0.1, 0.15) is 11.3 Å². The molecule has 0 spiro atoms. The highest BCUT2D eigenvalue weighted by Gasteiger charge is 2.29. The van der Waals surface area contributed by atoms with E-state index in [-0.39, 0.29) is 11.8 Å². The third kappa shape index (κ3) is 3.68. The van der Waals surface area contributed by atoms with Gasteiger partial charge in [0.2, 0.25) is 0 Å². The van der Waals surface area contributed by atoms with E-state index in [0.717, 1.165) is 35.5 Å². The number of carbonyl (C=O) groups excluding carboxylic acids is 1. The van der Waals surface area contributed by atoms with E-state index in [1.54, 1.807) is 19.2 Å². The number of methoxy groups -OCH3 is 1. The van der Waals surface area contributed by atoms with Crippen LogP contribution in [0.4, 0.5) is 0 Å². The van der Waals surface area contributed by atoms with Gasteiger partial charge in [-0.1, -0.05) is 23.7 Å². The van der Waals surface area contributed by atoms with Crippen LogP contribution in [0.1, 0.15) is 35.0 Å². The number of nitrogens with zero attached hydrogens (tertiary/aromatic N) is 3. The van der Waals surface area contributed by atoms with E-state index in [2.05, 4.69) is 4.98 Å². The Morgan fingerprint density at radius 1 is 1.13 bits per heavy atom. The lowest BCUT2D eigenvalue weighted by Crippen LogP contribution is -2.38. The summed E-state index contributed by atoms with van der Waals surface area (Å²) in [5.74, 6) is 1.40. The van der Waals surface area contributed by atoms with E-state index in [1.165, 1.54) is 0 Å². The molecule has 31 heavy (non-hydrogen) atoms. The number of carbonyl (C=O) groups is 1. The molecule has 5 rings (SSSR count). The highest BCUT2D eigenvalue weighted by atomic mass is 35.5. The molecule has 3 heterocycles. The van der Waals surface area contributed by atoms with Crippen molar-refractivity contribution in [2.45, 2.75) is 18.8 Å². The molecule has 2 aromatic carbocycles. The molecule has 158 valence electrons. The van der Waals surface area contributed by atoms with Crippen LogP contribution in [0.2, 0.25) is 5.02 Å². The van der Waals surface area contributed by atoms with Gasteiger partial charge in [-0.25, -0.2) is 4.98 Å². The molecule has 1 fully saturated rings. The fraction of sp³-hybridized carbons (Fsp3) is 0.250. The minimum absolute atomic E-state index is 0.0752. The van der Waals surface area contributed by atoms with E-state index in [9.17, 15) is 4.79 Å². The minimum Gasteiger partial charge on any atom is -0.496 e. The van der Waals surface area contributed by atoms with Crippen molar-refractivity contribution in [1.29, 1.82) is 0 Å². The van der Waals surface area contributed by atoms with E-state index in [0.29, 0.717) is 29.4 Å². The van der Waals surface area contributed by atoms with Gasteiger partial charge in [-0.3, -0.25) is 4.79 Å². The molecule has 0 unspecified atom stereocenters. The molecule has 1 aliphatic heterocycles. The van der Waals surface area contributed by atoms with Gasteiger partial charge in [0.25, 0.3) is 5.91 Å². The minimum atomic E-state index is -0.0752. The number of rotatable bonds is 4. The molecule has 2 aromatic heterocycles. The fourth-order valence-electron chi connectivity index (χ4n) is 4.14. The number of benzene rings is 2. The van der Waals surface area contributed by atoms with Crippen LogP contribution in [-0.2, 0) is 0 Å². The Bertz CT molecular complexity index is 1190. The molecule has 0 atom stereocenters. The maximum atomic E-state index is 13.3. The molecule has 0 N–H and O–H groups in total. The second kappa shape index (κ2) is 8.12. The molecule has 0 saturated carbocycles. The highest BCUT2D eigenvalue weighted by Crippen LogP contribution is 2.34. The highest BCUT2D eigenvalue weighted by molar-refractivity contribution is 6.33. The number of ether oxygens (including phenoxy) is 1. The Hall–Kier alpha value is -3.25. The van der Waals surface area contributed by atoms with Crippen LogP contribution in [0.5, 0.6) is 5.75 Å². The molecule has 6 nitrogen and oxygen atoms in total. The van der Waals surface area contributed by atoms with Crippen LogP contribution in [0.15, 0.2) is 65.3 Å². The monoisotopic (exact) mass is 435 g/mol. The number of hydrogen-bond acceptors (Lipinski definition) is 4. The Morgan fingerprint density at radius 3 is 2.58 bits per heavy atom. The average Bonchev–Trinajstić information content (AvgIpc) is 3.48. The molecule has 0 aliphatic carbocycles. The van der Waals surface area contributed by atoms with E-state index < -0.39 is 0 Å². The number of likely N-dealkylation sites (tertiary alicyclic amines) is 1. The van der Waals surface area contributed by atoms with Gasteiger partial charge in [-0.2, -0.15) is 0 Å². The Kier molecular flexibility index (Phi) is 5.16. The maximum Gasteiger partial charge on any atom is 0.257 e. The zero-order valence-corrected chi connectivity index (χ0v) is 17.9. The molecular formula is C24H22ClN3O3. The first-order valence-electron chi connectivity index (χ1n) is 10.3. The molecule has 1 amide bonds. The molecule has 1 saturated heterocycles. The second-order valence-electron chi connectivity index (χ2n) is 7.68. The van der Waals surface area contributed by atoms with Crippen molar-refractivity contribution in [2.24, 2.45) is 0 Å². The zero-order chi connectivity index (χ0) is 21.4. The van der Waals surface area contributed by atoms with E-state index in [4.69, 9.17) is 20.8 Å². The van der Waals surface area contributed by atoms with Crippen LogP contribution >= 0.6 is 11.6 Å². The second-order valence-corrected chi connectivity index (χ2v) is 8.09. The van der Waals surface area contributed by atoms with Gasteiger partial charge in [0, 0.05) is 37.5 Å². The quantitative estimate of drug-likeness (QED) is 0.436. The predicted octanol–water partition coefficient (Wildman–Crippen LogP) is 5.30. The van der Waals surface area contributed by atoms with Gasteiger partial charge in [0.15, 0.2) is 11.5 Å². The third-order valence-electron chi connectivity index (χ3n) is 5.82. The average molecular weight is 436 g/mol. The zero-order valence-electron chi connectivity index (χ0n) is 17.1. The van der Waals surface area contributed by atoms with Gasteiger partial charge in [-0.15, -0.1) is 0 Å². The summed E-state index contributed by atoms with van der Waals surface area (Å²) in [4.78, 5) is 19.7. The van der Waals surface area contributed by atoms with Crippen LogP contribution in [0.3, 0.4) is 0 Å². The molecule has 7 heteroatoms. The molecular weight excluding hydrogens is 414 g/mol. The summed E-state index contributed by atoms with van der Waals surface area (Å²) in [7, 11) is 1.57. The number of aromatic nitrogens is 2. The molecule has 0 bridgehead atoms. The van der Waals surface area contributed by atoms with Crippen molar-refractivity contribution in [1.82, 2.24) is 14.5 Å².